The second-order valence-electron chi connectivity index (χ2n) is 11.7. The van der Waals surface area contributed by atoms with Crippen molar-refractivity contribution >= 4 is 75.9 Å². The third kappa shape index (κ3) is 3.09. The molecule has 0 radical (unpaired) electrons. The summed E-state index contributed by atoms with van der Waals surface area (Å²) >= 11 is 0. The largest absolute Gasteiger partial charge is 0.309 e. The fraction of sp³-hybridized carbons (Fsp3) is 0. The van der Waals surface area contributed by atoms with Gasteiger partial charge >= 0.3 is 0 Å². The van der Waals surface area contributed by atoms with Gasteiger partial charge in [0.15, 0.2) is 0 Å². The van der Waals surface area contributed by atoms with E-state index in [1.807, 2.05) is 0 Å². The SMILES string of the molecule is c1cc(-n2c3ccccc3c3ccccc32)cc(-n2c3ccc4ccccc4c3c3c4ccccc4c4ccccc4c32)c1. The maximum atomic E-state index is 2.50. The molecular weight excluding hydrogens is 532 g/mol. The molecule has 44 heavy (non-hydrogen) atoms. The lowest BCUT2D eigenvalue weighted by atomic mass is 9.95. The Morgan fingerprint density at radius 1 is 0.295 bits per heavy atom. The van der Waals surface area contributed by atoms with Crippen LogP contribution in [0.15, 0.2) is 158 Å². The zero-order valence-corrected chi connectivity index (χ0v) is 23.9. The van der Waals surface area contributed by atoms with Crippen LogP contribution in [0.3, 0.4) is 0 Å². The molecule has 10 rings (SSSR count). The molecule has 204 valence electrons. The molecule has 2 aromatic heterocycles. The summed E-state index contributed by atoms with van der Waals surface area (Å²) in [7, 11) is 0. The van der Waals surface area contributed by atoms with Crippen LogP contribution in [0.25, 0.3) is 87.3 Å². The number of fused-ring (bicyclic) bond motifs is 13. The van der Waals surface area contributed by atoms with Crippen molar-refractivity contribution < 1.29 is 0 Å². The van der Waals surface area contributed by atoms with Gasteiger partial charge in [-0.1, -0.05) is 121 Å². The summed E-state index contributed by atoms with van der Waals surface area (Å²) in [6, 6.07) is 57.7. The first kappa shape index (κ1) is 23.7. The molecule has 0 bridgehead atoms. The Morgan fingerprint density at radius 2 is 0.818 bits per heavy atom. The number of benzene rings is 8. The van der Waals surface area contributed by atoms with E-state index in [1.54, 1.807) is 0 Å². The van der Waals surface area contributed by atoms with Crippen LogP contribution >= 0.6 is 0 Å². The summed E-state index contributed by atoms with van der Waals surface area (Å²) in [5, 5.41) is 12.8. The molecule has 10 aromatic rings. The number of hydrogen-bond acceptors (Lipinski definition) is 0. The Morgan fingerprint density at radius 3 is 1.52 bits per heavy atom. The second-order valence-corrected chi connectivity index (χ2v) is 11.7. The Labute approximate surface area is 253 Å². The number of aromatic nitrogens is 2. The molecule has 2 heteroatoms. The third-order valence-corrected chi connectivity index (χ3v) is 9.45. The molecule has 2 nitrogen and oxygen atoms in total. The topological polar surface area (TPSA) is 9.86 Å². The molecule has 2 heterocycles. The fourth-order valence-corrected chi connectivity index (χ4v) is 7.68. The van der Waals surface area contributed by atoms with Crippen LogP contribution in [-0.4, -0.2) is 9.13 Å². The van der Waals surface area contributed by atoms with Crippen LogP contribution in [-0.2, 0) is 0 Å². The van der Waals surface area contributed by atoms with Crippen molar-refractivity contribution in [1.29, 1.82) is 0 Å². The van der Waals surface area contributed by atoms with Crippen molar-refractivity contribution in [1.82, 2.24) is 9.13 Å². The van der Waals surface area contributed by atoms with E-state index in [4.69, 9.17) is 0 Å². The molecule has 0 fully saturated rings. The van der Waals surface area contributed by atoms with Crippen LogP contribution in [0, 0.1) is 0 Å². The van der Waals surface area contributed by atoms with Gasteiger partial charge in [0, 0.05) is 38.3 Å². The van der Waals surface area contributed by atoms with E-state index >= 15 is 0 Å². The van der Waals surface area contributed by atoms with E-state index in [0.29, 0.717) is 0 Å². The highest BCUT2D eigenvalue weighted by Crippen LogP contribution is 2.45. The van der Waals surface area contributed by atoms with Gasteiger partial charge in [0.1, 0.15) is 0 Å². The lowest BCUT2D eigenvalue weighted by molar-refractivity contribution is 1.14. The number of nitrogens with zero attached hydrogens (tertiary/aromatic N) is 2. The average Bonchev–Trinajstić information content (AvgIpc) is 3.63. The minimum Gasteiger partial charge on any atom is -0.309 e. The smallest absolute Gasteiger partial charge is 0.0626 e. The maximum Gasteiger partial charge on any atom is 0.0626 e. The van der Waals surface area contributed by atoms with Crippen LogP contribution < -0.4 is 0 Å². The van der Waals surface area contributed by atoms with Crippen molar-refractivity contribution in [3.63, 3.8) is 0 Å². The zero-order valence-electron chi connectivity index (χ0n) is 23.9. The lowest BCUT2D eigenvalue weighted by Crippen LogP contribution is -1.99. The van der Waals surface area contributed by atoms with Gasteiger partial charge in [-0.3, -0.25) is 0 Å². The summed E-state index contributed by atoms with van der Waals surface area (Å²) in [5.74, 6) is 0. The predicted octanol–water partition coefficient (Wildman–Crippen LogP) is 11.3. The minimum atomic E-state index is 1.15. The van der Waals surface area contributed by atoms with Crippen molar-refractivity contribution in [2.45, 2.75) is 0 Å². The molecule has 0 spiro atoms. The molecule has 0 saturated carbocycles. The van der Waals surface area contributed by atoms with Crippen molar-refractivity contribution in [3.05, 3.63) is 158 Å². The van der Waals surface area contributed by atoms with Gasteiger partial charge in [0.05, 0.1) is 22.1 Å². The normalized spacial score (nSPS) is 12.1. The molecule has 0 N–H and O–H groups in total. The van der Waals surface area contributed by atoms with Crippen LogP contribution in [0.4, 0.5) is 0 Å². The fourth-order valence-electron chi connectivity index (χ4n) is 7.68. The molecule has 0 aliphatic heterocycles. The Kier molecular flexibility index (Phi) is 4.75. The third-order valence-electron chi connectivity index (χ3n) is 9.45. The van der Waals surface area contributed by atoms with Crippen LogP contribution in [0.5, 0.6) is 0 Å². The monoisotopic (exact) mass is 558 g/mol. The first-order chi connectivity index (χ1) is 21.9. The van der Waals surface area contributed by atoms with E-state index in [0.717, 1.165) is 11.4 Å². The van der Waals surface area contributed by atoms with Crippen molar-refractivity contribution in [3.8, 4) is 11.4 Å². The van der Waals surface area contributed by atoms with Crippen molar-refractivity contribution in [2.24, 2.45) is 0 Å². The Balaban J connectivity index is 1.40. The quantitative estimate of drug-likeness (QED) is 0.187. The van der Waals surface area contributed by atoms with Gasteiger partial charge in [-0.15, -0.1) is 0 Å². The number of rotatable bonds is 2. The van der Waals surface area contributed by atoms with E-state index < -0.39 is 0 Å². The van der Waals surface area contributed by atoms with Gasteiger partial charge < -0.3 is 9.13 Å². The molecule has 0 aliphatic carbocycles. The van der Waals surface area contributed by atoms with E-state index in [2.05, 4.69) is 167 Å². The first-order valence-electron chi connectivity index (χ1n) is 15.2. The van der Waals surface area contributed by atoms with Crippen LogP contribution in [0.1, 0.15) is 0 Å². The number of para-hydroxylation sites is 2. The molecular formula is C42H26N2. The van der Waals surface area contributed by atoms with Gasteiger partial charge in [-0.25, -0.2) is 0 Å². The summed E-state index contributed by atoms with van der Waals surface area (Å²) in [5.41, 5.74) is 7.22. The molecule has 0 atom stereocenters. The van der Waals surface area contributed by atoms with Gasteiger partial charge in [-0.2, -0.15) is 0 Å². The Bertz CT molecular complexity index is 2720. The highest BCUT2D eigenvalue weighted by molar-refractivity contribution is 6.35. The predicted molar refractivity (Wildman–Crippen MR) is 188 cm³/mol. The first-order valence-corrected chi connectivity index (χ1v) is 15.2. The summed E-state index contributed by atoms with van der Waals surface area (Å²) in [4.78, 5) is 0. The molecule has 0 unspecified atom stereocenters. The minimum absolute atomic E-state index is 1.15. The zero-order chi connectivity index (χ0) is 28.8. The highest BCUT2D eigenvalue weighted by Gasteiger charge is 2.21. The Hall–Kier alpha value is -5.86. The average molecular weight is 559 g/mol. The van der Waals surface area contributed by atoms with E-state index in [9.17, 15) is 0 Å². The van der Waals surface area contributed by atoms with Crippen LogP contribution in [0.2, 0.25) is 0 Å². The highest BCUT2D eigenvalue weighted by atomic mass is 15.0. The molecule has 0 amide bonds. The summed E-state index contributed by atoms with van der Waals surface area (Å²) < 4.78 is 4.91. The van der Waals surface area contributed by atoms with Crippen molar-refractivity contribution in [2.75, 3.05) is 0 Å². The van der Waals surface area contributed by atoms with Gasteiger partial charge in [0.25, 0.3) is 0 Å². The molecule has 8 aromatic carbocycles. The standard InChI is InChI=1S/C42H26N2/c1-2-15-30-27(12-1)24-25-39-40(30)41-35-20-5-3-16-31(35)32-17-4-6-21-36(32)42(41)44(39)29-14-11-13-28(26-29)43-37-22-9-7-18-33(37)34-19-8-10-23-38(34)43/h1-26H. The molecule has 0 saturated heterocycles. The molecule has 0 aliphatic rings. The second kappa shape index (κ2) is 8.82. The van der Waals surface area contributed by atoms with E-state index in [1.165, 1.54) is 75.9 Å². The summed E-state index contributed by atoms with van der Waals surface area (Å²) in [6.45, 7) is 0. The van der Waals surface area contributed by atoms with Gasteiger partial charge in [0.2, 0.25) is 0 Å². The van der Waals surface area contributed by atoms with Gasteiger partial charge in [-0.05, 0) is 63.3 Å². The van der Waals surface area contributed by atoms with E-state index in [-0.39, 0.29) is 0 Å². The lowest BCUT2D eigenvalue weighted by Gasteiger charge is -2.14. The number of hydrogen-bond donors (Lipinski definition) is 0. The maximum absolute atomic E-state index is 2.50. The summed E-state index contributed by atoms with van der Waals surface area (Å²) in [6.07, 6.45) is 0.